The molecule has 0 N–H and O–H groups in total. The largest absolute Gasteiger partial charge is 0.497 e. The van der Waals surface area contributed by atoms with Gasteiger partial charge in [-0.2, -0.15) is 0 Å². The predicted octanol–water partition coefficient (Wildman–Crippen LogP) is 5.56. The monoisotopic (exact) mass is 431 g/mol. The molecule has 1 aliphatic rings. The van der Waals surface area contributed by atoms with E-state index < -0.39 is 0 Å². The first-order valence-electron chi connectivity index (χ1n) is 10.7. The first-order chi connectivity index (χ1) is 15.3. The zero-order valence-electron chi connectivity index (χ0n) is 19.1. The fourth-order valence-electron chi connectivity index (χ4n) is 3.71. The average molecular weight is 432 g/mol. The Morgan fingerprint density at radius 2 is 1.50 bits per heavy atom. The molecule has 0 bridgehead atoms. The molecule has 0 aliphatic carbocycles. The van der Waals surface area contributed by atoms with Gasteiger partial charge in [0.25, 0.3) is 5.91 Å². The quantitative estimate of drug-likeness (QED) is 0.512. The highest BCUT2D eigenvalue weighted by molar-refractivity contribution is 5.94. The molecule has 32 heavy (non-hydrogen) atoms. The zero-order valence-corrected chi connectivity index (χ0v) is 19.1. The third-order valence-corrected chi connectivity index (χ3v) is 5.63. The van der Waals surface area contributed by atoms with E-state index in [1.165, 1.54) is 5.56 Å². The van der Waals surface area contributed by atoms with Gasteiger partial charge in [0.05, 0.1) is 7.11 Å². The van der Waals surface area contributed by atoms with E-state index in [0.29, 0.717) is 24.4 Å². The molecule has 5 nitrogen and oxygen atoms in total. The molecule has 0 radical (unpaired) electrons. The van der Waals surface area contributed by atoms with E-state index in [9.17, 15) is 4.79 Å². The first kappa shape index (κ1) is 21.8. The molecule has 1 heterocycles. The number of amides is 1. The number of fused-ring (bicyclic) bond motifs is 1. The molecular formula is C27H29NO4. The molecule has 0 spiro atoms. The van der Waals surface area contributed by atoms with Gasteiger partial charge in [-0.05, 0) is 58.5 Å². The van der Waals surface area contributed by atoms with Crippen molar-refractivity contribution in [3.05, 3.63) is 89.0 Å². The molecular weight excluding hydrogens is 402 g/mol. The van der Waals surface area contributed by atoms with E-state index >= 15 is 0 Å². The van der Waals surface area contributed by atoms with E-state index in [2.05, 4.69) is 20.8 Å². The Kier molecular flexibility index (Phi) is 6.08. The van der Waals surface area contributed by atoms with Crippen LogP contribution in [0, 0.1) is 0 Å². The molecule has 1 aliphatic heterocycles. The minimum Gasteiger partial charge on any atom is -0.497 e. The van der Waals surface area contributed by atoms with E-state index in [4.69, 9.17) is 14.2 Å². The lowest BCUT2D eigenvalue weighted by molar-refractivity contribution is 0.0730. The molecule has 0 unspecified atom stereocenters. The van der Waals surface area contributed by atoms with Crippen LogP contribution in [0.4, 0.5) is 0 Å². The van der Waals surface area contributed by atoms with Crippen molar-refractivity contribution in [3.63, 3.8) is 0 Å². The Hall–Kier alpha value is -3.47. The summed E-state index contributed by atoms with van der Waals surface area (Å²) in [5.74, 6) is 2.23. The SMILES string of the molecule is COc1ccc(CN(Cc2ccc3c(c2)OCO3)C(=O)c2ccc(C(C)(C)C)cc2)cc1. The molecule has 0 saturated carbocycles. The lowest BCUT2D eigenvalue weighted by Gasteiger charge is -2.24. The lowest BCUT2D eigenvalue weighted by Crippen LogP contribution is -2.30. The van der Waals surface area contributed by atoms with Crippen molar-refractivity contribution >= 4 is 5.91 Å². The normalized spacial score (nSPS) is 12.5. The molecule has 5 heteroatoms. The van der Waals surface area contributed by atoms with Crippen molar-refractivity contribution in [2.24, 2.45) is 0 Å². The predicted molar refractivity (Wildman–Crippen MR) is 124 cm³/mol. The Bertz CT molecular complexity index is 1080. The lowest BCUT2D eigenvalue weighted by atomic mass is 9.86. The number of benzene rings is 3. The van der Waals surface area contributed by atoms with Crippen molar-refractivity contribution in [1.29, 1.82) is 0 Å². The number of ether oxygens (including phenoxy) is 3. The fraction of sp³-hybridized carbons (Fsp3) is 0.296. The molecule has 0 atom stereocenters. The van der Waals surface area contributed by atoms with E-state index in [1.54, 1.807) is 7.11 Å². The third-order valence-electron chi connectivity index (χ3n) is 5.63. The zero-order chi connectivity index (χ0) is 22.7. The summed E-state index contributed by atoms with van der Waals surface area (Å²) in [6, 6.07) is 21.5. The van der Waals surface area contributed by atoms with Crippen molar-refractivity contribution < 1.29 is 19.0 Å². The van der Waals surface area contributed by atoms with Crippen LogP contribution in [-0.4, -0.2) is 24.7 Å². The summed E-state index contributed by atoms with van der Waals surface area (Å²) in [6.07, 6.45) is 0. The van der Waals surface area contributed by atoms with Gasteiger partial charge in [-0.15, -0.1) is 0 Å². The number of nitrogens with zero attached hydrogens (tertiary/aromatic N) is 1. The summed E-state index contributed by atoms with van der Waals surface area (Å²) in [4.78, 5) is 15.4. The Balaban J connectivity index is 1.60. The molecule has 1 amide bonds. The van der Waals surface area contributed by atoms with Crippen LogP contribution in [0.2, 0.25) is 0 Å². The Morgan fingerprint density at radius 3 is 2.16 bits per heavy atom. The molecule has 3 aromatic rings. The van der Waals surface area contributed by atoms with Gasteiger partial charge in [-0.25, -0.2) is 0 Å². The summed E-state index contributed by atoms with van der Waals surface area (Å²) < 4.78 is 16.2. The maximum atomic E-state index is 13.5. The van der Waals surface area contributed by atoms with Crippen LogP contribution >= 0.6 is 0 Å². The Morgan fingerprint density at radius 1 is 0.875 bits per heavy atom. The number of hydrogen-bond donors (Lipinski definition) is 0. The van der Waals surface area contributed by atoms with Crippen molar-refractivity contribution in [3.8, 4) is 17.2 Å². The standard InChI is InChI=1S/C27H29NO4/c1-27(2,3)22-10-8-21(9-11-22)26(29)28(16-19-5-12-23(30-4)13-6-19)17-20-7-14-24-25(15-20)32-18-31-24/h5-15H,16-18H2,1-4H3. The average Bonchev–Trinajstić information content (AvgIpc) is 3.26. The van der Waals surface area contributed by atoms with Crippen LogP contribution in [0.3, 0.4) is 0 Å². The minimum atomic E-state index is -0.0149. The van der Waals surface area contributed by atoms with Gasteiger partial charge in [0, 0.05) is 18.7 Å². The van der Waals surface area contributed by atoms with E-state index in [-0.39, 0.29) is 18.1 Å². The first-order valence-corrected chi connectivity index (χ1v) is 10.7. The van der Waals surface area contributed by atoms with Gasteiger partial charge in [0.15, 0.2) is 11.5 Å². The molecule has 0 saturated heterocycles. The van der Waals surface area contributed by atoms with E-state index in [0.717, 1.165) is 22.6 Å². The molecule has 166 valence electrons. The van der Waals surface area contributed by atoms with Crippen LogP contribution in [-0.2, 0) is 18.5 Å². The summed E-state index contributed by atoms with van der Waals surface area (Å²) in [6.45, 7) is 7.67. The highest BCUT2D eigenvalue weighted by Gasteiger charge is 2.20. The van der Waals surface area contributed by atoms with Gasteiger partial charge in [0.1, 0.15) is 5.75 Å². The summed E-state index contributed by atoms with van der Waals surface area (Å²) >= 11 is 0. The van der Waals surface area contributed by atoms with Gasteiger partial charge < -0.3 is 19.1 Å². The van der Waals surface area contributed by atoms with E-state index in [1.807, 2.05) is 71.6 Å². The number of rotatable bonds is 6. The highest BCUT2D eigenvalue weighted by Crippen LogP contribution is 2.33. The van der Waals surface area contributed by atoms with Crippen LogP contribution in [0.25, 0.3) is 0 Å². The van der Waals surface area contributed by atoms with Gasteiger partial charge in [-0.1, -0.05) is 51.1 Å². The minimum absolute atomic E-state index is 0.0149. The smallest absolute Gasteiger partial charge is 0.254 e. The second-order valence-corrected chi connectivity index (χ2v) is 9.02. The van der Waals surface area contributed by atoms with Crippen molar-refractivity contribution in [2.45, 2.75) is 39.3 Å². The van der Waals surface area contributed by atoms with Crippen LogP contribution in [0.5, 0.6) is 17.2 Å². The maximum Gasteiger partial charge on any atom is 0.254 e. The summed E-state index contributed by atoms with van der Waals surface area (Å²) in [7, 11) is 1.64. The topological polar surface area (TPSA) is 48.0 Å². The van der Waals surface area contributed by atoms with Gasteiger partial charge >= 0.3 is 0 Å². The highest BCUT2D eigenvalue weighted by atomic mass is 16.7. The third kappa shape index (κ3) is 4.88. The number of carbonyl (C=O) groups excluding carboxylic acids is 1. The number of hydrogen-bond acceptors (Lipinski definition) is 4. The maximum absolute atomic E-state index is 13.5. The van der Waals surface area contributed by atoms with Crippen LogP contribution in [0.15, 0.2) is 66.7 Å². The number of methoxy groups -OCH3 is 1. The van der Waals surface area contributed by atoms with Crippen molar-refractivity contribution in [1.82, 2.24) is 4.90 Å². The Labute approximate surface area is 189 Å². The fourth-order valence-corrected chi connectivity index (χ4v) is 3.71. The number of carbonyl (C=O) groups is 1. The van der Waals surface area contributed by atoms with Gasteiger partial charge in [0.2, 0.25) is 6.79 Å². The van der Waals surface area contributed by atoms with Crippen LogP contribution in [0.1, 0.15) is 47.8 Å². The molecule has 3 aromatic carbocycles. The van der Waals surface area contributed by atoms with Crippen LogP contribution < -0.4 is 14.2 Å². The van der Waals surface area contributed by atoms with Gasteiger partial charge in [-0.3, -0.25) is 4.79 Å². The molecule has 4 rings (SSSR count). The second-order valence-electron chi connectivity index (χ2n) is 9.02. The molecule has 0 fully saturated rings. The second kappa shape index (κ2) is 8.95. The molecule has 0 aromatic heterocycles. The van der Waals surface area contributed by atoms with Crippen molar-refractivity contribution in [2.75, 3.05) is 13.9 Å². The summed E-state index contributed by atoms with van der Waals surface area (Å²) in [5, 5.41) is 0. The summed E-state index contributed by atoms with van der Waals surface area (Å²) in [5.41, 5.74) is 3.93.